The Morgan fingerprint density at radius 3 is 2.46 bits per heavy atom. The molecule has 1 aliphatic heterocycles. The van der Waals surface area contributed by atoms with Gasteiger partial charge in [-0.2, -0.15) is 0 Å². The Morgan fingerprint density at radius 2 is 1.83 bits per heavy atom. The number of aromatic nitrogens is 2. The van der Waals surface area contributed by atoms with Crippen molar-refractivity contribution in [1.29, 1.82) is 0 Å². The third-order valence-corrected chi connectivity index (χ3v) is 6.72. The van der Waals surface area contributed by atoms with Gasteiger partial charge in [0.25, 0.3) is 5.56 Å². The lowest BCUT2D eigenvalue weighted by molar-refractivity contribution is -0.172. The predicted molar refractivity (Wildman–Crippen MR) is 139 cm³/mol. The minimum absolute atomic E-state index is 0.0346. The number of benzene rings is 1. The van der Waals surface area contributed by atoms with Crippen LogP contribution in [0, 0.1) is 0 Å². The third kappa shape index (κ3) is 7.97. The fourth-order valence-corrected chi connectivity index (χ4v) is 4.47. The Labute approximate surface area is 234 Å². The van der Waals surface area contributed by atoms with Gasteiger partial charge in [0.2, 0.25) is 5.75 Å². The summed E-state index contributed by atoms with van der Waals surface area (Å²) in [5, 5.41) is 10.5. The van der Waals surface area contributed by atoms with Crippen LogP contribution in [0.2, 0.25) is 0 Å². The Bertz CT molecular complexity index is 1390. The number of nitrogens with zero attached hydrogens (tertiary/aromatic N) is 2. The van der Waals surface area contributed by atoms with Crippen molar-refractivity contribution in [3.63, 3.8) is 0 Å². The average Bonchev–Trinajstić information content (AvgIpc) is 3.11. The number of halogens is 1. The van der Waals surface area contributed by atoms with Gasteiger partial charge in [-0.25, -0.2) is 18.8 Å². The van der Waals surface area contributed by atoms with Crippen molar-refractivity contribution < 1.29 is 47.5 Å². The maximum absolute atomic E-state index is 15.4. The maximum atomic E-state index is 15.4. The van der Waals surface area contributed by atoms with Gasteiger partial charge in [0.05, 0.1) is 6.10 Å². The number of carbonyl (C=O) groups is 2. The van der Waals surface area contributed by atoms with E-state index in [0.29, 0.717) is 0 Å². The summed E-state index contributed by atoms with van der Waals surface area (Å²) in [6, 6.07) is 5.72. The molecule has 224 valence electrons. The molecule has 3 rings (SSSR count). The second-order valence-electron chi connectivity index (χ2n) is 9.58. The monoisotopic (exact) mass is 599 g/mol. The van der Waals surface area contributed by atoms with Crippen LogP contribution in [-0.2, 0) is 23.8 Å². The van der Waals surface area contributed by atoms with E-state index in [1.807, 2.05) is 4.98 Å². The first-order valence-corrected chi connectivity index (χ1v) is 13.7. The zero-order valence-electron chi connectivity index (χ0n) is 22.9. The van der Waals surface area contributed by atoms with Crippen LogP contribution in [0.15, 0.2) is 50.9 Å². The lowest BCUT2D eigenvalue weighted by Gasteiger charge is -2.24. The normalized spacial score (nSPS) is 24.0. The first-order valence-electron chi connectivity index (χ1n) is 12.5. The minimum atomic E-state index is -2.82. The molecule has 1 aromatic carbocycles. The highest BCUT2D eigenvalue weighted by molar-refractivity contribution is 7.34. The Morgan fingerprint density at radius 1 is 1.17 bits per heavy atom. The first-order chi connectivity index (χ1) is 19.2. The number of H-pyrrole nitrogens is 1. The van der Waals surface area contributed by atoms with Crippen LogP contribution >= 0.6 is 8.17 Å². The highest BCUT2D eigenvalue weighted by Crippen LogP contribution is 2.41. The Kier molecular flexibility index (Phi) is 10.4. The fourth-order valence-electron chi connectivity index (χ4n) is 3.72. The minimum Gasteiger partial charge on any atom is -0.575 e. The van der Waals surface area contributed by atoms with Crippen molar-refractivity contribution in [2.75, 3.05) is 6.61 Å². The highest BCUT2D eigenvalue weighted by atomic mass is 31.1. The fraction of sp³-hybridized carbons (Fsp3) is 0.520. The number of hydrogen-bond donors (Lipinski definition) is 2. The van der Waals surface area contributed by atoms with Crippen LogP contribution in [0.1, 0.15) is 40.8 Å². The summed E-state index contributed by atoms with van der Waals surface area (Å²) in [6.07, 6.45) is -5.08. The van der Waals surface area contributed by atoms with Crippen LogP contribution < -0.4 is 25.4 Å². The molecular formula is C25H31FN3O11P. The van der Waals surface area contributed by atoms with Crippen LogP contribution in [0.5, 0.6) is 11.5 Å². The zero-order valence-corrected chi connectivity index (χ0v) is 23.8. The molecule has 0 radical (unpaired) electrons. The molecule has 41 heavy (non-hydrogen) atoms. The molecule has 2 N–H and O–H groups in total. The smallest absolute Gasteiger partial charge is 0.395 e. The largest absolute Gasteiger partial charge is 0.575 e. The molecule has 0 spiro atoms. The van der Waals surface area contributed by atoms with E-state index >= 15 is 4.39 Å². The number of ether oxygens (including phenoxy) is 4. The molecule has 1 aliphatic rings. The summed E-state index contributed by atoms with van der Waals surface area (Å²) in [4.78, 5) is 62.1. The van der Waals surface area contributed by atoms with E-state index in [4.69, 9.17) is 23.5 Å². The van der Waals surface area contributed by atoms with Gasteiger partial charge >= 0.3 is 25.8 Å². The summed E-state index contributed by atoms with van der Waals surface area (Å²) in [5.41, 5.74) is -4.03. The lowest BCUT2D eigenvalue weighted by Crippen LogP contribution is -2.43. The Balaban J connectivity index is 1.65. The number of carbonyl (C=O) groups excluding carboxylic acids is 2. The van der Waals surface area contributed by atoms with Gasteiger partial charge in [0, 0.05) is 12.3 Å². The summed E-state index contributed by atoms with van der Waals surface area (Å²) < 4.78 is 46.5. The molecule has 2 aromatic rings. The van der Waals surface area contributed by atoms with Crippen molar-refractivity contribution in [1.82, 2.24) is 9.55 Å². The molecule has 14 nitrogen and oxygen atoms in total. The number of aromatic amines is 1. The number of aliphatic hydroxyl groups is 1. The predicted octanol–water partition coefficient (Wildman–Crippen LogP) is 1.11. The summed E-state index contributed by atoms with van der Waals surface area (Å²) >= 11 is 0. The van der Waals surface area contributed by atoms with Crippen molar-refractivity contribution in [3.8, 4) is 11.5 Å². The van der Waals surface area contributed by atoms with Crippen LogP contribution in [0.25, 0.3) is 0 Å². The number of para-hydroxylation sites is 2. The number of nitrogens with one attached hydrogen (secondary N) is 1. The topological polar surface area (TPSA) is 191 Å². The van der Waals surface area contributed by atoms with Gasteiger partial charge in [-0.15, -0.1) is 0 Å². The number of rotatable bonds is 11. The van der Waals surface area contributed by atoms with Crippen molar-refractivity contribution in [2.24, 2.45) is 4.74 Å². The highest BCUT2D eigenvalue weighted by Gasteiger charge is 2.55. The molecular weight excluding hydrogens is 568 g/mol. The quantitative estimate of drug-likeness (QED) is 0.278. The standard InChI is InChI=1S/C25H31FN3O11P/c1-13(2)37-22(33)15(4)38-21(32)14(3)28-41(35)40-17-9-7-6-8-16(17)36-12-18-20(31)25(5,26)23(39-18)29-11-10-19(30)27-24(29)34/h6-11,13-15,18,20,23,31H,12H2,1-5H3,(H,27,30,34)/t14-,15-,18+,20+,23+,25+/m0/s1. The van der Waals surface area contributed by atoms with E-state index in [-0.39, 0.29) is 11.5 Å². The third-order valence-electron chi connectivity index (χ3n) is 5.83. The molecule has 1 unspecified atom stereocenters. The van der Waals surface area contributed by atoms with E-state index in [0.717, 1.165) is 23.8 Å². The van der Waals surface area contributed by atoms with Gasteiger partial charge < -0.3 is 28.9 Å². The molecule has 1 aromatic heterocycles. The molecule has 1 fully saturated rings. The van der Waals surface area contributed by atoms with Crippen molar-refractivity contribution >= 4 is 20.1 Å². The van der Waals surface area contributed by atoms with E-state index in [2.05, 4.69) is 4.74 Å². The van der Waals surface area contributed by atoms with E-state index in [1.165, 1.54) is 26.0 Å². The van der Waals surface area contributed by atoms with E-state index in [1.54, 1.807) is 26.0 Å². The molecule has 1 saturated heterocycles. The van der Waals surface area contributed by atoms with E-state index in [9.17, 15) is 29.2 Å². The van der Waals surface area contributed by atoms with Gasteiger partial charge in [-0.05, 0) is 46.8 Å². The summed E-state index contributed by atoms with van der Waals surface area (Å²) in [6.45, 7) is 6.56. The average molecular weight is 600 g/mol. The van der Waals surface area contributed by atoms with Crippen LogP contribution in [0.3, 0.4) is 0 Å². The molecule has 0 aliphatic carbocycles. The molecule has 16 heteroatoms. The van der Waals surface area contributed by atoms with Crippen LogP contribution in [-0.4, -0.2) is 69.3 Å². The molecule has 0 bridgehead atoms. The Hall–Kier alpha value is -3.65. The first kappa shape index (κ1) is 31.9. The molecule has 0 amide bonds. The van der Waals surface area contributed by atoms with Crippen molar-refractivity contribution in [3.05, 3.63) is 57.4 Å². The molecule has 2 heterocycles. The second-order valence-corrected chi connectivity index (χ2v) is 10.5. The van der Waals surface area contributed by atoms with Gasteiger partial charge in [0.15, 0.2) is 29.8 Å². The lowest BCUT2D eigenvalue weighted by atomic mass is 9.98. The van der Waals surface area contributed by atoms with Crippen molar-refractivity contribution in [2.45, 2.75) is 77.0 Å². The van der Waals surface area contributed by atoms with Gasteiger partial charge in [-0.3, -0.25) is 18.9 Å². The molecule has 7 atom stereocenters. The number of esters is 2. The molecule has 0 saturated carbocycles. The van der Waals surface area contributed by atoms with Gasteiger partial charge in [-0.1, -0.05) is 16.9 Å². The zero-order chi connectivity index (χ0) is 30.5. The summed E-state index contributed by atoms with van der Waals surface area (Å²) in [7, 11) is -2.82. The number of alkyl halides is 1. The SMILES string of the molecule is CC(C)OC(=O)[C@H](C)OC(=O)[C@H](C)N=[P+]([O-])Oc1ccccc1OC[C@H]1O[C@@H](n2ccc(=O)[nH]c2=O)[C@](C)(F)[C@@H]1O. The summed E-state index contributed by atoms with van der Waals surface area (Å²) in [5.74, 6) is -1.68. The van der Waals surface area contributed by atoms with E-state index < -0.39 is 80.3 Å². The second kappa shape index (κ2) is 13.3. The maximum Gasteiger partial charge on any atom is 0.395 e. The number of hydrogen-bond acceptors (Lipinski definition) is 12. The van der Waals surface area contributed by atoms with Gasteiger partial charge in [0.1, 0.15) is 18.8 Å². The van der Waals surface area contributed by atoms with Crippen LogP contribution in [0.4, 0.5) is 4.39 Å². The number of aliphatic hydroxyl groups excluding tert-OH is 1.